The van der Waals surface area contributed by atoms with E-state index in [2.05, 4.69) is 25.2 Å². The molecule has 0 aromatic rings. The molecule has 0 aliphatic heterocycles. The highest BCUT2D eigenvalue weighted by Gasteiger charge is 2.36. The van der Waals surface area contributed by atoms with Crippen molar-refractivity contribution in [3.05, 3.63) is 0 Å². The summed E-state index contributed by atoms with van der Waals surface area (Å²) in [6.07, 6.45) is 4.92. The molecule has 104 valence electrons. The number of thioether (sulfide) groups is 1. The molecule has 1 rings (SSSR count). The van der Waals surface area contributed by atoms with E-state index in [0.717, 1.165) is 32.2 Å². The van der Waals surface area contributed by atoms with Gasteiger partial charge < -0.3 is 5.11 Å². The fourth-order valence-corrected chi connectivity index (χ4v) is 3.94. The Morgan fingerprint density at radius 3 is 2.83 bits per heavy atom. The number of nitrogens with zero attached hydrogens (tertiary/aromatic N) is 1. The second kappa shape index (κ2) is 7.37. The second-order valence-corrected chi connectivity index (χ2v) is 7.10. The molecule has 4 unspecified atom stereocenters. The molecule has 1 aliphatic carbocycles. The fourth-order valence-electron chi connectivity index (χ4n) is 2.42. The van der Waals surface area contributed by atoms with Crippen LogP contribution < -0.4 is 5.32 Å². The summed E-state index contributed by atoms with van der Waals surface area (Å²) in [7, 11) is 0. The SMILES string of the molecule is CCCNC1(C#N)CCCC(SC(C)C(C)O)C1. The summed E-state index contributed by atoms with van der Waals surface area (Å²) in [4.78, 5) is 0. The van der Waals surface area contributed by atoms with Gasteiger partial charge in [0.25, 0.3) is 0 Å². The van der Waals surface area contributed by atoms with Crippen molar-refractivity contribution in [3.63, 3.8) is 0 Å². The Morgan fingerprint density at radius 1 is 1.56 bits per heavy atom. The van der Waals surface area contributed by atoms with Gasteiger partial charge in [-0.15, -0.1) is 0 Å². The molecule has 3 nitrogen and oxygen atoms in total. The molecule has 4 atom stereocenters. The number of hydrogen-bond acceptors (Lipinski definition) is 4. The lowest BCUT2D eigenvalue weighted by Crippen LogP contribution is -2.48. The van der Waals surface area contributed by atoms with Crippen LogP contribution in [0.15, 0.2) is 0 Å². The van der Waals surface area contributed by atoms with Crippen LogP contribution in [0.2, 0.25) is 0 Å². The van der Waals surface area contributed by atoms with E-state index in [1.54, 1.807) is 0 Å². The molecule has 0 spiro atoms. The second-order valence-electron chi connectivity index (χ2n) is 5.42. The summed E-state index contributed by atoms with van der Waals surface area (Å²) in [5, 5.41) is 23.2. The first-order valence-electron chi connectivity index (χ1n) is 7.03. The first kappa shape index (κ1) is 15.8. The first-order chi connectivity index (χ1) is 8.53. The van der Waals surface area contributed by atoms with E-state index >= 15 is 0 Å². The molecule has 4 heteroatoms. The lowest BCUT2D eigenvalue weighted by atomic mass is 9.82. The van der Waals surface area contributed by atoms with Gasteiger partial charge in [0, 0.05) is 10.5 Å². The van der Waals surface area contributed by atoms with Crippen LogP contribution in [0.4, 0.5) is 0 Å². The van der Waals surface area contributed by atoms with Crippen LogP contribution in [0.1, 0.15) is 52.9 Å². The lowest BCUT2D eigenvalue weighted by molar-refractivity contribution is 0.195. The van der Waals surface area contributed by atoms with Gasteiger partial charge >= 0.3 is 0 Å². The van der Waals surface area contributed by atoms with E-state index in [4.69, 9.17) is 0 Å². The smallest absolute Gasteiger partial charge is 0.107 e. The molecule has 0 radical (unpaired) electrons. The molecule has 0 aromatic heterocycles. The maximum atomic E-state index is 9.58. The van der Waals surface area contributed by atoms with Crippen molar-refractivity contribution in [1.82, 2.24) is 5.32 Å². The van der Waals surface area contributed by atoms with Gasteiger partial charge in [-0.2, -0.15) is 17.0 Å². The molecule has 0 aromatic carbocycles. The Bertz CT molecular complexity index is 290. The molecule has 2 N–H and O–H groups in total. The molecule has 18 heavy (non-hydrogen) atoms. The monoisotopic (exact) mass is 270 g/mol. The van der Waals surface area contributed by atoms with E-state index in [9.17, 15) is 10.4 Å². The number of aliphatic hydroxyl groups excluding tert-OH is 1. The van der Waals surface area contributed by atoms with Gasteiger partial charge in [0.15, 0.2) is 0 Å². The van der Waals surface area contributed by atoms with Gasteiger partial charge in [-0.05, 0) is 45.6 Å². The van der Waals surface area contributed by atoms with Gasteiger partial charge in [-0.25, -0.2) is 0 Å². The Balaban J connectivity index is 2.56. The molecule has 1 aliphatic rings. The molecular weight excluding hydrogens is 244 g/mol. The van der Waals surface area contributed by atoms with Crippen molar-refractivity contribution in [3.8, 4) is 6.07 Å². The minimum absolute atomic E-state index is 0.246. The average molecular weight is 270 g/mol. The van der Waals surface area contributed by atoms with Crippen LogP contribution in [0.25, 0.3) is 0 Å². The summed E-state index contributed by atoms with van der Waals surface area (Å²) in [6, 6.07) is 2.50. The Hall–Kier alpha value is -0.240. The minimum atomic E-state index is -0.329. The molecule has 1 fully saturated rings. The van der Waals surface area contributed by atoms with E-state index in [1.807, 2.05) is 18.7 Å². The van der Waals surface area contributed by atoms with Crippen molar-refractivity contribution in [2.24, 2.45) is 0 Å². The van der Waals surface area contributed by atoms with Crippen molar-refractivity contribution in [2.45, 2.75) is 75.0 Å². The van der Waals surface area contributed by atoms with Crippen LogP contribution in [-0.4, -0.2) is 33.8 Å². The van der Waals surface area contributed by atoms with E-state index < -0.39 is 0 Å². The van der Waals surface area contributed by atoms with Crippen molar-refractivity contribution < 1.29 is 5.11 Å². The van der Waals surface area contributed by atoms with E-state index in [-0.39, 0.29) is 16.9 Å². The van der Waals surface area contributed by atoms with E-state index in [1.165, 1.54) is 6.42 Å². The highest BCUT2D eigenvalue weighted by Crippen LogP contribution is 2.37. The zero-order valence-electron chi connectivity index (χ0n) is 11.8. The van der Waals surface area contributed by atoms with Gasteiger partial charge in [0.2, 0.25) is 0 Å². The summed E-state index contributed by atoms with van der Waals surface area (Å²) in [5.74, 6) is 0. The average Bonchev–Trinajstić information content (AvgIpc) is 2.36. The zero-order valence-corrected chi connectivity index (χ0v) is 12.6. The van der Waals surface area contributed by atoms with Crippen LogP contribution in [0, 0.1) is 11.3 Å². The third kappa shape index (κ3) is 4.46. The quantitative estimate of drug-likeness (QED) is 0.779. The molecule has 0 bridgehead atoms. The Morgan fingerprint density at radius 2 is 2.28 bits per heavy atom. The predicted molar refractivity (Wildman–Crippen MR) is 77.6 cm³/mol. The maximum absolute atomic E-state index is 9.58. The highest BCUT2D eigenvalue weighted by atomic mass is 32.2. The maximum Gasteiger partial charge on any atom is 0.107 e. The third-order valence-corrected chi connectivity index (χ3v) is 5.33. The third-order valence-electron chi connectivity index (χ3n) is 3.72. The first-order valence-corrected chi connectivity index (χ1v) is 7.97. The Labute approximate surface area is 115 Å². The number of nitrogens with one attached hydrogen (secondary N) is 1. The lowest BCUT2D eigenvalue weighted by Gasteiger charge is -2.37. The highest BCUT2D eigenvalue weighted by molar-refractivity contribution is 8.00. The normalized spacial score (nSPS) is 31.6. The van der Waals surface area contributed by atoms with Crippen molar-refractivity contribution >= 4 is 11.8 Å². The van der Waals surface area contributed by atoms with Crippen LogP contribution >= 0.6 is 11.8 Å². The molecule has 0 saturated heterocycles. The minimum Gasteiger partial charge on any atom is -0.392 e. The zero-order chi connectivity index (χ0) is 13.6. The van der Waals surface area contributed by atoms with Crippen molar-refractivity contribution in [2.75, 3.05) is 6.54 Å². The molecule has 0 heterocycles. The number of aliphatic hydroxyl groups is 1. The largest absolute Gasteiger partial charge is 0.392 e. The number of hydrogen-bond donors (Lipinski definition) is 2. The standard InChI is InChI=1S/C14H26N2OS/c1-4-8-16-14(10-15)7-5-6-13(9-14)18-12(3)11(2)17/h11-13,16-17H,4-9H2,1-3H3. The van der Waals surface area contributed by atoms with Gasteiger partial charge in [0.1, 0.15) is 5.54 Å². The van der Waals surface area contributed by atoms with Crippen molar-refractivity contribution in [1.29, 1.82) is 5.26 Å². The Kier molecular flexibility index (Phi) is 6.48. The van der Waals surface area contributed by atoms with Gasteiger partial charge in [-0.3, -0.25) is 5.32 Å². The number of rotatable bonds is 6. The summed E-state index contributed by atoms with van der Waals surface area (Å²) in [5.41, 5.74) is -0.329. The van der Waals surface area contributed by atoms with Crippen LogP contribution in [0.5, 0.6) is 0 Å². The molecule has 1 saturated carbocycles. The summed E-state index contributed by atoms with van der Waals surface area (Å²) >= 11 is 1.84. The predicted octanol–water partition coefficient (Wildman–Crippen LogP) is 2.69. The fraction of sp³-hybridized carbons (Fsp3) is 0.929. The summed E-state index contributed by atoms with van der Waals surface area (Å²) in [6.45, 7) is 6.95. The van der Waals surface area contributed by atoms with Gasteiger partial charge in [0.05, 0.1) is 12.2 Å². The topological polar surface area (TPSA) is 56.0 Å². The summed E-state index contributed by atoms with van der Waals surface area (Å²) < 4.78 is 0. The number of nitriles is 1. The van der Waals surface area contributed by atoms with E-state index in [0.29, 0.717) is 5.25 Å². The van der Waals surface area contributed by atoms with Crippen LogP contribution in [-0.2, 0) is 0 Å². The van der Waals surface area contributed by atoms with Crippen LogP contribution in [0.3, 0.4) is 0 Å². The van der Waals surface area contributed by atoms with Gasteiger partial charge in [-0.1, -0.05) is 13.8 Å². The molecular formula is C14H26N2OS. The molecule has 0 amide bonds.